The van der Waals surface area contributed by atoms with E-state index in [0.29, 0.717) is 6.04 Å². The highest BCUT2D eigenvalue weighted by molar-refractivity contribution is 5.51. The first kappa shape index (κ1) is 12.9. The van der Waals surface area contributed by atoms with E-state index in [1.54, 1.807) is 22.3 Å². The van der Waals surface area contributed by atoms with E-state index in [4.69, 9.17) is 0 Å². The molecule has 2 aromatic rings. The van der Waals surface area contributed by atoms with Gasteiger partial charge < -0.3 is 4.48 Å². The zero-order valence-corrected chi connectivity index (χ0v) is 13.5. The molecule has 2 heterocycles. The third-order valence-corrected chi connectivity index (χ3v) is 6.84. The molecule has 3 aliphatic rings. The third kappa shape index (κ3) is 1.39. The van der Waals surface area contributed by atoms with Gasteiger partial charge in [-0.2, -0.15) is 0 Å². The van der Waals surface area contributed by atoms with Gasteiger partial charge in [0.25, 0.3) is 0 Å². The van der Waals surface area contributed by atoms with Crippen molar-refractivity contribution in [3.63, 3.8) is 0 Å². The summed E-state index contributed by atoms with van der Waals surface area (Å²) in [4.78, 5) is 0. The third-order valence-electron chi connectivity index (χ3n) is 6.84. The Morgan fingerprint density at radius 3 is 2.45 bits per heavy atom. The Balaban J connectivity index is 1.81. The van der Waals surface area contributed by atoms with Gasteiger partial charge in [-0.15, -0.1) is 0 Å². The lowest BCUT2D eigenvalue weighted by Gasteiger charge is -2.52. The fourth-order valence-electron chi connectivity index (χ4n) is 5.38. The van der Waals surface area contributed by atoms with Crippen molar-refractivity contribution >= 4 is 0 Å². The predicted octanol–water partition coefficient (Wildman–Crippen LogP) is 4.42. The maximum absolute atomic E-state index is 2.53. The van der Waals surface area contributed by atoms with Crippen molar-refractivity contribution in [3.05, 3.63) is 70.8 Å². The normalized spacial score (nSPS) is 35.1. The molecule has 2 aromatic carbocycles. The Bertz CT molecular complexity index is 747. The summed E-state index contributed by atoms with van der Waals surface area (Å²) < 4.78 is 1.19. The van der Waals surface area contributed by atoms with E-state index in [9.17, 15) is 0 Å². The Kier molecular flexibility index (Phi) is 2.36. The van der Waals surface area contributed by atoms with Crippen LogP contribution in [-0.4, -0.2) is 18.1 Å². The monoisotopic (exact) mass is 290 g/mol. The molecule has 1 nitrogen and oxygen atoms in total. The molecule has 22 heavy (non-hydrogen) atoms. The number of hydrogen-bond donors (Lipinski definition) is 0. The molecule has 1 heteroatoms. The van der Waals surface area contributed by atoms with Gasteiger partial charge in [-0.05, 0) is 25.3 Å². The number of nitrogens with zero attached hydrogens (tertiary/aromatic N) is 1. The SMILES string of the molecule is C[C@@]12c3ccccc3C[C@@H](c3ccccc31)[N@@+]2(C)CC1CC1. The van der Waals surface area contributed by atoms with E-state index in [1.807, 2.05) is 0 Å². The smallest absolute Gasteiger partial charge is 0.149 e. The lowest BCUT2D eigenvalue weighted by Crippen LogP contribution is -2.60. The first-order valence-corrected chi connectivity index (χ1v) is 8.68. The van der Waals surface area contributed by atoms with E-state index in [1.165, 1.54) is 30.3 Å². The average molecular weight is 290 g/mol. The summed E-state index contributed by atoms with van der Waals surface area (Å²) in [6.45, 7) is 3.84. The van der Waals surface area contributed by atoms with E-state index >= 15 is 0 Å². The average Bonchev–Trinajstić information content (AvgIpc) is 3.33. The number of benzene rings is 2. The molecule has 112 valence electrons. The molecule has 0 saturated heterocycles. The minimum absolute atomic E-state index is 0.124. The van der Waals surface area contributed by atoms with E-state index in [0.717, 1.165) is 5.92 Å². The van der Waals surface area contributed by atoms with Crippen LogP contribution in [-0.2, 0) is 12.0 Å². The summed E-state index contributed by atoms with van der Waals surface area (Å²) in [5, 5.41) is 0. The molecule has 0 amide bonds. The highest BCUT2D eigenvalue weighted by Gasteiger charge is 2.63. The van der Waals surface area contributed by atoms with Crippen molar-refractivity contribution in [1.29, 1.82) is 0 Å². The van der Waals surface area contributed by atoms with Gasteiger partial charge in [0.05, 0.1) is 13.6 Å². The first-order chi connectivity index (χ1) is 10.6. The topological polar surface area (TPSA) is 0 Å². The van der Waals surface area contributed by atoms with Crippen molar-refractivity contribution in [3.8, 4) is 0 Å². The van der Waals surface area contributed by atoms with Crippen LogP contribution in [0.1, 0.15) is 48.1 Å². The standard InChI is InChI=1S/C21H24N/c1-21-18-9-5-3-7-16(18)13-20(17-8-4-6-10-19(17)21)22(21,2)14-15-11-12-15/h3-10,15,20H,11-14H2,1-2H3/q+1/t20-,21+,22+/m0/s1. The summed E-state index contributed by atoms with van der Waals surface area (Å²) in [6.07, 6.45) is 4.08. The van der Waals surface area contributed by atoms with Crippen molar-refractivity contribution in [2.45, 2.75) is 37.8 Å². The molecule has 0 spiro atoms. The molecule has 1 aliphatic carbocycles. The molecule has 0 N–H and O–H groups in total. The fraction of sp³-hybridized carbons (Fsp3) is 0.429. The predicted molar refractivity (Wildman–Crippen MR) is 89.6 cm³/mol. The van der Waals surface area contributed by atoms with Crippen LogP contribution in [0.4, 0.5) is 0 Å². The van der Waals surface area contributed by atoms with Gasteiger partial charge in [0, 0.05) is 29.0 Å². The summed E-state index contributed by atoms with van der Waals surface area (Å²) >= 11 is 0. The summed E-state index contributed by atoms with van der Waals surface area (Å²) in [5.41, 5.74) is 6.44. The molecule has 0 radical (unpaired) electrons. The quantitative estimate of drug-likeness (QED) is 0.718. The highest BCUT2D eigenvalue weighted by Crippen LogP contribution is 2.60. The van der Waals surface area contributed by atoms with Crippen LogP contribution in [0.5, 0.6) is 0 Å². The Labute approximate surface area is 133 Å². The van der Waals surface area contributed by atoms with Crippen LogP contribution in [0.25, 0.3) is 0 Å². The Morgan fingerprint density at radius 2 is 1.68 bits per heavy atom. The number of rotatable bonds is 2. The van der Waals surface area contributed by atoms with Crippen molar-refractivity contribution in [2.75, 3.05) is 13.6 Å². The van der Waals surface area contributed by atoms with Crippen LogP contribution in [0.3, 0.4) is 0 Å². The Morgan fingerprint density at radius 1 is 1.00 bits per heavy atom. The van der Waals surface area contributed by atoms with Gasteiger partial charge in [-0.3, -0.25) is 0 Å². The van der Waals surface area contributed by atoms with Crippen LogP contribution >= 0.6 is 0 Å². The van der Waals surface area contributed by atoms with Crippen molar-refractivity contribution < 1.29 is 4.48 Å². The second kappa shape index (κ2) is 4.02. The van der Waals surface area contributed by atoms with E-state index < -0.39 is 0 Å². The highest BCUT2D eigenvalue weighted by atomic mass is 15.4. The lowest BCUT2D eigenvalue weighted by molar-refractivity contribution is -0.982. The van der Waals surface area contributed by atoms with Gasteiger partial charge in [0.15, 0.2) is 0 Å². The zero-order chi connectivity index (χ0) is 14.9. The van der Waals surface area contributed by atoms with Crippen LogP contribution in [0.2, 0.25) is 0 Å². The summed E-state index contributed by atoms with van der Waals surface area (Å²) in [7, 11) is 2.53. The van der Waals surface area contributed by atoms with Crippen LogP contribution in [0.15, 0.2) is 48.5 Å². The van der Waals surface area contributed by atoms with Gasteiger partial charge in [-0.1, -0.05) is 48.5 Å². The zero-order valence-electron chi connectivity index (χ0n) is 13.5. The largest absolute Gasteiger partial charge is 0.307 e. The molecule has 0 unspecified atom stereocenters. The lowest BCUT2D eigenvalue weighted by atomic mass is 9.78. The second-order valence-corrected chi connectivity index (χ2v) is 7.93. The minimum Gasteiger partial charge on any atom is -0.307 e. The molecule has 1 saturated carbocycles. The molecule has 1 fully saturated rings. The van der Waals surface area contributed by atoms with Crippen molar-refractivity contribution in [2.24, 2.45) is 5.92 Å². The maximum atomic E-state index is 2.53. The van der Waals surface area contributed by atoms with Gasteiger partial charge in [-0.25, -0.2) is 0 Å². The fourth-order valence-corrected chi connectivity index (χ4v) is 5.38. The van der Waals surface area contributed by atoms with Gasteiger partial charge >= 0.3 is 0 Å². The van der Waals surface area contributed by atoms with Gasteiger partial charge in [0.2, 0.25) is 0 Å². The number of hydrogen-bond acceptors (Lipinski definition) is 0. The van der Waals surface area contributed by atoms with Crippen molar-refractivity contribution in [1.82, 2.24) is 0 Å². The van der Waals surface area contributed by atoms with E-state index in [-0.39, 0.29) is 5.54 Å². The minimum atomic E-state index is 0.124. The van der Waals surface area contributed by atoms with E-state index in [2.05, 4.69) is 62.5 Å². The van der Waals surface area contributed by atoms with Crippen LogP contribution in [0, 0.1) is 5.92 Å². The molecule has 3 atom stereocenters. The molecule has 2 aliphatic heterocycles. The second-order valence-electron chi connectivity index (χ2n) is 7.93. The molecule has 2 bridgehead atoms. The number of likely N-dealkylation sites (N-methyl/N-ethyl adjacent to an activating group) is 1. The first-order valence-electron chi connectivity index (χ1n) is 8.68. The molecular formula is C21H24N+. The Hall–Kier alpha value is -1.60. The molecular weight excluding hydrogens is 266 g/mol. The number of fused-ring (bicyclic) bond motifs is 7. The maximum Gasteiger partial charge on any atom is 0.149 e. The molecule has 5 rings (SSSR count). The summed E-state index contributed by atoms with van der Waals surface area (Å²) in [6, 6.07) is 19.1. The van der Waals surface area contributed by atoms with Crippen LogP contribution < -0.4 is 0 Å². The molecule has 0 aromatic heterocycles. The van der Waals surface area contributed by atoms with Gasteiger partial charge in [0.1, 0.15) is 11.6 Å². The number of quaternary nitrogens is 1. The summed E-state index contributed by atoms with van der Waals surface area (Å²) in [5.74, 6) is 0.950.